The number of hydrogen-bond donors (Lipinski definition) is 0. The predicted octanol–water partition coefficient (Wildman–Crippen LogP) is 11.1. The van der Waals surface area contributed by atoms with Crippen LogP contribution in [0.2, 0.25) is 0 Å². The van der Waals surface area contributed by atoms with Crippen molar-refractivity contribution in [1.29, 1.82) is 5.26 Å². The topological polar surface area (TPSA) is 98.3 Å². The fourth-order valence-electron chi connectivity index (χ4n) is 7.78. The lowest BCUT2D eigenvalue weighted by atomic mass is 10.1. The number of oxazole rings is 1. The van der Waals surface area contributed by atoms with E-state index in [1.165, 1.54) is 0 Å². The van der Waals surface area contributed by atoms with Crippen LogP contribution in [0.1, 0.15) is 5.56 Å². The van der Waals surface area contributed by atoms with Gasteiger partial charge in [-0.3, -0.25) is 4.57 Å². The largest absolute Gasteiger partial charge is 0.436 e. The van der Waals surface area contributed by atoms with Gasteiger partial charge in [0.05, 0.1) is 39.4 Å². The number of hydrogen-bond acceptors (Lipinski definition) is 6. The molecule has 0 radical (unpaired) electrons. The molecule has 0 aliphatic carbocycles. The molecule has 0 atom stereocenters. The summed E-state index contributed by atoms with van der Waals surface area (Å²) in [4.78, 5) is 20.5. The van der Waals surface area contributed by atoms with Gasteiger partial charge in [0.1, 0.15) is 5.52 Å². The second kappa shape index (κ2) is 12.1. The first-order valence-corrected chi connectivity index (χ1v) is 18.0. The van der Waals surface area contributed by atoms with Gasteiger partial charge >= 0.3 is 0 Å². The van der Waals surface area contributed by atoms with Gasteiger partial charge in [-0.15, -0.1) is 0 Å². The minimum absolute atomic E-state index is 0.485. The summed E-state index contributed by atoms with van der Waals surface area (Å²) in [6.45, 7) is 0. The third-order valence-corrected chi connectivity index (χ3v) is 10.3. The first-order chi connectivity index (χ1) is 27.2. The van der Waals surface area contributed by atoms with Gasteiger partial charge in [-0.25, -0.2) is 9.97 Å². The summed E-state index contributed by atoms with van der Waals surface area (Å²) in [7, 11) is 0. The molecule has 0 saturated carbocycles. The van der Waals surface area contributed by atoms with Crippen LogP contribution in [0.5, 0.6) is 0 Å². The molecule has 11 aromatic rings. The van der Waals surface area contributed by atoms with Gasteiger partial charge in [0.2, 0.25) is 11.8 Å². The zero-order valence-electron chi connectivity index (χ0n) is 29.1. The third-order valence-electron chi connectivity index (χ3n) is 10.3. The maximum atomic E-state index is 9.37. The van der Waals surface area contributed by atoms with E-state index >= 15 is 0 Å². The predicted molar refractivity (Wildman–Crippen MR) is 217 cm³/mol. The van der Waals surface area contributed by atoms with Crippen LogP contribution in [0.25, 0.3) is 101 Å². The molecule has 0 saturated heterocycles. The van der Waals surface area contributed by atoms with Crippen molar-refractivity contribution in [3.05, 3.63) is 169 Å². The van der Waals surface area contributed by atoms with Gasteiger partial charge in [-0.05, 0) is 48.5 Å². The van der Waals surface area contributed by atoms with Crippen LogP contribution in [-0.2, 0) is 0 Å². The van der Waals surface area contributed by atoms with E-state index in [-0.39, 0.29) is 0 Å². The number of aromatic nitrogens is 6. The molecule has 0 N–H and O–H groups in total. The highest BCUT2D eigenvalue weighted by Crippen LogP contribution is 2.42. The Morgan fingerprint density at radius 1 is 0.455 bits per heavy atom. The van der Waals surface area contributed by atoms with E-state index in [9.17, 15) is 5.26 Å². The fraction of sp³-hybridized carbons (Fsp3) is 0. The summed E-state index contributed by atoms with van der Waals surface area (Å²) < 4.78 is 10.9. The van der Waals surface area contributed by atoms with Crippen LogP contribution in [0.3, 0.4) is 0 Å². The number of nitriles is 1. The standard InChI is InChI=1S/C47H27N7O/c48-28-29-22-24-32(25-23-29)46-49-41-39(20-11-21-40(41)55-46)53-37-18-9-7-16-33(37)35-26-27-36-34-17-8-10-19-38(34)54(43(36)42(35)53)47-51-44(30-12-3-1-4-13-30)50-45(52-47)31-14-5-2-6-15-31/h1-27H. The van der Waals surface area contributed by atoms with Crippen molar-refractivity contribution in [2.75, 3.05) is 0 Å². The molecule has 0 amide bonds. The minimum atomic E-state index is 0.485. The van der Waals surface area contributed by atoms with E-state index in [2.05, 4.69) is 81.9 Å². The average Bonchev–Trinajstić information content (AvgIpc) is 3.95. The molecule has 4 heterocycles. The van der Waals surface area contributed by atoms with Crippen LogP contribution in [0, 0.1) is 11.3 Å². The van der Waals surface area contributed by atoms with Crippen molar-refractivity contribution in [2.24, 2.45) is 0 Å². The van der Waals surface area contributed by atoms with Gasteiger partial charge in [0.25, 0.3) is 0 Å². The monoisotopic (exact) mass is 705 g/mol. The quantitative estimate of drug-likeness (QED) is 0.177. The fourth-order valence-corrected chi connectivity index (χ4v) is 7.78. The number of rotatable bonds is 5. The average molecular weight is 706 g/mol. The molecule has 256 valence electrons. The Hall–Kier alpha value is -7.89. The van der Waals surface area contributed by atoms with Crippen LogP contribution in [-0.4, -0.2) is 29.1 Å². The lowest BCUT2D eigenvalue weighted by Crippen LogP contribution is -2.07. The molecule has 8 nitrogen and oxygen atoms in total. The molecule has 11 rings (SSSR count). The van der Waals surface area contributed by atoms with Crippen molar-refractivity contribution in [3.63, 3.8) is 0 Å². The number of benzene rings is 7. The Morgan fingerprint density at radius 2 is 1.02 bits per heavy atom. The molecule has 0 bridgehead atoms. The third kappa shape index (κ3) is 4.77. The normalized spacial score (nSPS) is 11.6. The summed E-state index contributed by atoms with van der Waals surface area (Å²) >= 11 is 0. The van der Waals surface area contributed by atoms with Gasteiger partial charge in [-0.2, -0.15) is 15.2 Å². The van der Waals surface area contributed by atoms with E-state index in [1.807, 2.05) is 84.9 Å². The highest BCUT2D eigenvalue weighted by Gasteiger charge is 2.25. The zero-order valence-corrected chi connectivity index (χ0v) is 29.1. The van der Waals surface area contributed by atoms with E-state index in [0.29, 0.717) is 34.6 Å². The Bertz CT molecular complexity index is 3260. The molecule has 4 aromatic heterocycles. The SMILES string of the molecule is N#Cc1ccc(-c2nc3c(-n4c5ccccc5c5ccc6c7ccccc7n(-c7nc(-c8ccccc8)nc(-c8ccccc8)n7)c6c54)cccc3o2)cc1. The van der Waals surface area contributed by atoms with E-state index in [4.69, 9.17) is 24.4 Å². The summed E-state index contributed by atoms with van der Waals surface area (Å²) in [5.41, 5.74) is 9.41. The van der Waals surface area contributed by atoms with Gasteiger partial charge in [0.15, 0.2) is 17.2 Å². The number of para-hydroxylation sites is 3. The maximum absolute atomic E-state index is 9.37. The molecular weight excluding hydrogens is 679 g/mol. The summed E-state index contributed by atoms with van der Waals surface area (Å²) in [5.74, 6) is 2.18. The van der Waals surface area contributed by atoms with Crippen molar-refractivity contribution in [3.8, 4) is 51.9 Å². The molecule has 0 unspecified atom stereocenters. The van der Waals surface area contributed by atoms with E-state index < -0.39 is 0 Å². The Morgan fingerprint density at radius 3 is 1.64 bits per heavy atom. The lowest BCUT2D eigenvalue weighted by molar-refractivity contribution is 0.620. The Balaban J connectivity index is 1.27. The van der Waals surface area contributed by atoms with E-state index in [0.717, 1.165) is 71.5 Å². The summed E-state index contributed by atoms with van der Waals surface area (Å²) in [5, 5.41) is 13.7. The first kappa shape index (κ1) is 30.7. The van der Waals surface area contributed by atoms with Gasteiger partial charge in [-0.1, -0.05) is 115 Å². The first-order valence-electron chi connectivity index (χ1n) is 18.0. The molecule has 0 aliphatic heterocycles. The van der Waals surface area contributed by atoms with Crippen LogP contribution in [0.15, 0.2) is 168 Å². The second-order valence-corrected chi connectivity index (χ2v) is 13.4. The highest BCUT2D eigenvalue weighted by molar-refractivity contribution is 6.24. The van der Waals surface area contributed by atoms with Crippen molar-refractivity contribution >= 4 is 54.7 Å². The van der Waals surface area contributed by atoms with Crippen molar-refractivity contribution in [2.45, 2.75) is 0 Å². The molecule has 7 aromatic carbocycles. The van der Waals surface area contributed by atoms with Crippen LogP contribution in [0.4, 0.5) is 0 Å². The molecule has 0 aliphatic rings. The molecule has 0 fully saturated rings. The molecule has 8 heteroatoms. The molecular formula is C47H27N7O. The van der Waals surface area contributed by atoms with Crippen LogP contribution >= 0.6 is 0 Å². The molecule has 0 spiro atoms. The van der Waals surface area contributed by atoms with E-state index in [1.54, 1.807) is 12.1 Å². The lowest BCUT2D eigenvalue weighted by Gasteiger charge is -2.13. The highest BCUT2D eigenvalue weighted by atomic mass is 16.3. The van der Waals surface area contributed by atoms with Gasteiger partial charge in [0, 0.05) is 38.2 Å². The summed E-state index contributed by atoms with van der Waals surface area (Å²) in [6.07, 6.45) is 0. The Kier molecular flexibility index (Phi) is 6.75. The Labute approximate surface area is 313 Å². The maximum Gasteiger partial charge on any atom is 0.238 e. The second-order valence-electron chi connectivity index (χ2n) is 13.4. The number of fused-ring (bicyclic) bond motifs is 8. The zero-order chi connectivity index (χ0) is 36.5. The van der Waals surface area contributed by atoms with Crippen molar-refractivity contribution < 1.29 is 4.42 Å². The molecule has 55 heavy (non-hydrogen) atoms. The number of nitrogens with zero attached hydrogens (tertiary/aromatic N) is 7. The summed E-state index contributed by atoms with van der Waals surface area (Å²) in [6, 6.07) is 57.0. The van der Waals surface area contributed by atoms with Crippen molar-refractivity contribution in [1.82, 2.24) is 29.1 Å². The minimum Gasteiger partial charge on any atom is -0.436 e. The van der Waals surface area contributed by atoms with Gasteiger partial charge < -0.3 is 8.98 Å². The van der Waals surface area contributed by atoms with Crippen LogP contribution < -0.4 is 0 Å². The smallest absolute Gasteiger partial charge is 0.238 e.